The molecule has 0 aliphatic heterocycles. The van der Waals surface area contributed by atoms with Crippen LogP contribution in [0.3, 0.4) is 0 Å². The average molecular weight is 432 g/mol. The first kappa shape index (κ1) is 20.1. The molecule has 0 N–H and O–H groups in total. The maximum absolute atomic E-state index is 13.5. The fraction of sp³-hybridized carbons (Fsp3) is 0.278. The lowest BCUT2D eigenvalue weighted by Gasteiger charge is -2.19. The first-order valence-corrected chi connectivity index (χ1v) is 8.51. The zero-order chi connectivity index (χ0) is 19.3. The van der Waals surface area contributed by atoms with E-state index in [0.717, 1.165) is 6.07 Å². The standard InChI is InChI=1S/C18H17BrF3NO3/c1-3-25-16-6-11(4-5-15(16)26-18(21)22)10-23(2)17(24)12-7-13(19)9-14(20)8-12/h4-9,18H,3,10H2,1-2H3. The van der Waals surface area contributed by atoms with Gasteiger partial charge in [0.05, 0.1) is 6.61 Å². The van der Waals surface area contributed by atoms with Gasteiger partial charge in [0.1, 0.15) is 5.82 Å². The number of benzene rings is 2. The monoisotopic (exact) mass is 431 g/mol. The second kappa shape index (κ2) is 8.93. The van der Waals surface area contributed by atoms with Crippen LogP contribution < -0.4 is 9.47 Å². The van der Waals surface area contributed by atoms with Crippen molar-refractivity contribution in [1.82, 2.24) is 4.90 Å². The summed E-state index contributed by atoms with van der Waals surface area (Å²) in [6.07, 6.45) is 0. The highest BCUT2D eigenvalue weighted by Gasteiger charge is 2.16. The van der Waals surface area contributed by atoms with Crippen LogP contribution in [0.5, 0.6) is 11.5 Å². The Morgan fingerprint density at radius 1 is 1.19 bits per heavy atom. The first-order chi connectivity index (χ1) is 12.3. The van der Waals surface area contributed by atoms with E-state index >= 15 is 0 Å². The van der Waals surface area contributed by atoms with E-state index in [1.807, 2.05) is 0 Å². The van der Waals surface area contributed by atoms with Gasteiger partial charge in [0, 0.05) is 23.6 Å². The van der Waals surface area contributed by atoms with E-state index in [1.54, 1.807) is 20.0 Å². The van der Waals surface area contributed by atoms with Crippen molar-refractivity contribution < 1.29 is 27.4 Å². The van der Waals surface area contributed by atoms with E-state index in [0.29, 0.717) is 10.0 Å². The van der Waals surface area contributed by atoms with Crippen LogP contribution in [0.25, 0.3) is 0 Å². The summed E-state index contributed by atoms with van der Waals surface area (Å²) in [6, 6.07) is 8.39. The SMILES string of the molecule is CCOc1cc(CN(C)C(=O)c2cc(F)cc(Br)c2)ccc1OC(F)F. The normalized spacial score (nSPS) is 10.7. The number of carbonyl (C=O) groups is 1. The highest BCUT2D eigenvalue weighted by molar-refractivity contribution is 9.10. The Balaban J connectivity index is 2.18. The number of ether oxygens (including phenoxy) is 2. The summed E-state index contributed by atoms with van der Waals surface area (Å²) in [5.74, 6) is -0.812. The van der Waals surface area contributed by atoms with Crippen LogP contribution in [-0.4, -0.2) is 31.1 Å². The molecular formula is C18H17BrF3NO3. The molecule has 1 amide bonds. The Kier molecular flexibility index (Phi) is 6.90. The van der Waals surface area contributed by atoms with E-state index in [1.165, 1.54) is 29.2 Å². The van der Waals surface area contributed by atoms with Gasteiger partial charge in [-0.2, -0.15) is 8.78 Å². The fourth-order valence-corrected chi connectivity index (χ4v) is 2.82. The first-order valence-electron chi connectivity index (χ1n) is 7.72. The van der Waals surface area contributed by atoms with Crippen LogP contribution in [0.2, 0.25) is 0 Å². The van der Waals surface area contributed by atoms with Crippen molar-refractivity contribution in [3.8, 4) is 11.5 Å². The van der Waals surface area contributed by atoms with E-state index in [9.17, 15) is 18.0 Å². The fourth-order valence-electron chi connectivity index (χ4n) is 2.36. The summed E-state index contributed by atoms with van der Waals surface area (Å²) in [6.45, 7) is -0.788. The summed E-state index contributed by atoms with van der Waals surface area (Å²) < 4.78 is 48.6. The maximum atomic E-state index is 13.5. The molecule has 4 nitrogen and oxygen atoms in total. The van der Waals surface area contributed by atoms with E-state index in [4.69, 9.17) is 4.74 Å². The van der Waals surface area contributed by atoms with Crippen molar-refractivity contribution in [2.75, 3.05) is 13.7 Å². The minimum Gasteiger partial charge on any atom is -0.490 e. The summed E-state index contributed by atoms with van der Waals surface area (Å²) >= 11 is 3.15. The summed E-state index contributed by atoms with van der Waals surface area (Å²) in [7, 11) is 1.56. The molecule has 2 aromatic rings. The third kappa shape index (κ3) is 5.39. The van der Waals surface area contributed by atoms with Crippen LogP contribution in [-0.2, 0) is 6.54 Å². The van der Waals surface area contributed by atoms with E-state index in [2.05, 4.69) is 20.7 Å². The largest absolute Gasteiger partial charge is 0.490 e. The maximum Gasteiger partial charge on any atom is 0.387 e. The van der Waals surface area contributed by atoms with Crippen LogP contribution >= 0.6 is 15.9 Å². The van der Waals surface area contributed by atoms with Gasteiger partial charge in [0.25, 0.3) is 5.91 Å². The quantitative estimate of drug-likeness (QED) is 0.628. The molecule has 0 bridgehead atoms. The predicted octanol–water partition coefficient (Wildman–Crippen LogP) is 4.86. The zero-order valence-corrected chi connectivity index (χ0v) is 15.7. The molecule has 0 saturated heterocycles. The topological polar surface area (TPSA) is 38.8 Å². The Labute approximate surface area is 157 Å². The minimum atomic E-state index is -2.96. The molecule has 140 valence electrons. The van der Waals surface area contributed by atoms with Crippen molar-refractivity contribution in [2.24, 2.45) is 0 Å². The van der Waals surface area contributed by atoms with Gasteiger partial charge in [-0.25, -0.2) is 4.39 Å². The number of rotatable bonds is 7. The molecule has 0 atom stereocenters. The molecule has 0 heterocycles. The van der Waals surface area contributed by atoms with Gasteiger partial charge < -0.3 is 14.4 Å². The number of amides is 1. The second-order valence-corrected chi connectivity index (χ2v) is 6.33. The highest BCUT2D eigenvalue weighted by Crippen LogP contribution is 2.30. The number of halogens is 4. The molecule has 0 unspecified atom stereocenters. The Morgan fingerprint density at radius 3 is 2.54 bits per heavy atom. The van der Waals surface area contributed by atoms with E-state index in [-0.39, 0.29) is 36.1 Å². The van der Waals surface area contributed by atoms with Crippen molar-refractivity contribution in [3.05, 3.63) is 57.8 Å². The molecule has 26 heavy (non-hydrogen) atoms. The molecule has 2 aromatic carbocycles. The molecular weight excluding hydrogens is 415 g/mol. The zero-order valence-electron chi connectivity index (χ0n) is 14.1. The minimum absolute atomic E-state index is 0.0753. The molecule has 0 aromatic heterocycles. The van der Waals surface area contributed by atoms with Gasteiger partial charge in [-0.3, -0.25) is 4.79 Å². The smallest absolute Gasteiger partial charge is 0.387 e. The van der Waals surface area contributed by atoms with Gasteiger partial charge in [0.15, 0.2) is 11.5 Å². The lowest BCUT2D eigenvalue weighted by atomic mass is 10.1. The third-order valence-electron chi connectivity index (χ3n) is 3.40. The Bertz CT molecular complexity index is 766. The van der Waals surface area contributed by atoms with Gasteiger partial charge in [-0.05, 0) is 42.8 Å². The van der Waals surface area contributed by atoms with Gasteiger partial charge in [0.2, 0.25) is 0 Å². The molecule has 0 aliphatic rings. The predicted molar refractivity (Wildman–Crippen MR) is 94.1 cm³/mol. The van der Waals surface area contributed by atoms with Crippen LogP contribution in [0, 0.1) is 5.82 Å². The third-order valence-corrected chi connectivity index (χ3v) is 3.86. The van der Waals surface area contributed by atoms with Gasteiger partial charge in [-0.1, -0.05) is 22.0 Å². The van der Waals surface area contributed by atoms with Crippen molar-refractivity contribution in [2.45, 2.75) is 20.1 Å². The molecule has 0 spiro atoms. The number of alkyl halides is 2. The van der Waals surface area contributed by atoms with Crippen molar-refractivity contribution in [3.63, 3.8) is 0 Å². The Morgan fingerprint density at radius 2 is 1.92 bits per heavy atom. The Hall–Kier alpha value is -2.22. The van der Waals surface area contributed by atoms with Crippen molar-refractivity contribution >= 4 is 21.8 Å². The lowest BCUT2D eigenvalue weighted by Crippen LogP contribution is -2.26. The lowest BCUT2D eigenvalue weighted by molar-refractivity contribution is -0.0514. The van der Waals surface area contributed by atoms with Crippen LogP contribution in [0.1, 0.15) is 22.8 Å². The molecule has 0 aliphatic carbocycles. The van der Waals surface area contributed by atoms with Gasteiger partial charge >= 0.3 is 6.61 Å². The van der Waals surface area contributed by atoms with Crippen LogP contribution in [0.4, 0.5) is 13.2 Å². The number of carbonyl (C=O) groups excluding carboxylic acids is 1. The second-order valence-electron chi connectivity index (χ2n) is 5.41. The summed E-state index contributed by atoms with van der Waals surface area (Å²) in [5, 5.41) is 0. The number of hydrogen-bond acceptors (Lipinski definition) is 3. The highest BCUT2D eigenvalue weighted by atomic mass is 79.9. The molecule has 0 saturated carbocycles. The summed E-state index contributed by atoms with van der Waals surface area (Å²) in [5.41, 5.74) is 0.850. The van der Waals surface area contributed by atoms with Gasteiger partial charge in [-0.15, -0.1) is 0 Å². The van der Waals surface area contributed by atoms with Crippen molar-refractivity contribution in [1.29, 1.82) is 0 Å². The number of nitrogens with zero attached hydrogens (tertiary/aromatic N) is 1. The molecule has 0 fully saturated rings. The molecule has 0 radical (unpaired) electrons. The molecule has 8 heteroatoms. The average Bonchev–Trinajstić information content (AvgIpc) is 2.55. The van der Waals surface area contributed by atoms with E-state index < -0.39 is 12.4 Å². The summed E-state index contributed by atoms with van der Waals surface area (Å²) in [4.78, 5) is 13.8. The molecule has 2 rings (SSSR count). The van der Waals surface area contributed by atoms with Crippen LogP contribution in [0.15, 0.2) is 40.9 Å². The number of hydrogen-bond donors (Lipinski definition) is 0.